The van der Waals surface area contributed by atoms with Crippen LogP contribution in [0.2, 0.25) is 0 Å². The molecule has 1 unspecified atom stereocenters. The van der Waals surface area contributed by atoms with Gasteiger partial charge in [0.25, 0.3) is 0 Å². The Bertz CT molecular complexity index is 537. The zero-order valence-electron chi connectivity index (χ0n) is 10.3. The maximum Gasteiger partial charge on any atom is 0.131 e. The van der Waals surface area contributed by atoms with Gasteiger partial charge in [0, 0.05) is 30.6 Å². The van der Waals surface area contributed by atoms with Crippen molar-refractivity contribution < 1.29 is 8.78 Å². The van der Waals surface area contributed by atoms with Gasteiger partial charge in [-0.05, 0) is 20.0 Å². The van der Waals surface area contributed by atoms with Crippen molar-refractivity contribution in [2.24, 2.45) is 0 Å². The van der Waals surface area contributed by atoms with Crippen molar-refractivity contribution in [1.82, 2.24) is 14.9 Å². The minimum atomic E-state index is -0.579. The fourth-order valence-corrected chi connectivity index (χ4v) is 2.01. The number of aromatic nitrogens is 2. The Labute approximate surface area is 104 Å². The number of benzene rings is 1. The summed E-state index contributed by atoms with van der Waals surface area (Å²) in [6.07, 6.45) is 3.51. The second-order valence-electron chi connectivity index (χ2n) is 3.96. The van der Waals surface area contributed by atoms with Gasteiger partial charge in [0.05, 0.1) is 6.04 Å². The molecule has 0 spiro atoms. The van der Waals surface area contributed by atoms with Crippen molar-refractivity contribution in [2.75, 3.05) is 7.05 Å². The average Bonchev–Trinajstić information content (AvgIpc) is 2.81. The van der Waals surface area contributed by atoms with E-state index in [0.717, 1.165) is 12.6 Å². The van der Waals surface area contributed by atoms with Crippen LogP contribution in [0.4, 0.5) is 8.78 Å². The van der Waals surface area contributed by atoms with Gasteiger partial charge >= 0.3 is 0 Å². The van der Waals surface area contributed by atoms with Gasteiger partial charge in [0.1, 0.15) is 17.5 Å². The Morgan fingerprint density at radius 3 is 2.78 bits per heavy atom. The zero-order valence-corrected chi connectivity index (χ0v) is 10.3. The first kappa shape index (κ1) is 12.7. The van der Waals surface area contributed by atoms with E-state index in [1.807, 2.05) is 17.7 Å². The Morgan fingerprint density at radius 2 is 2.17 bits per heavy atom. The fourth-order valence-electron chi connectivity index (χ4n) is 2.01. The molecule has 1 heterocycles. The van der Waals surface area contributed by atoms with E-state index in [9.17, 15) is 8.78 Å². The first-order valence-corrected chi connectivity index (χ1v) is 5.80. The van der Waals surface area contributed by atoms with Gasteiger partial charge in [-0.3, -0.25) is 0 Å². The summed E-state index contributed by atoms with van der Waals surface area (Å²) >= 11 is 0. The predicted molar refractivity (Wildman–Crippen MR) is 65.2 cm³/mol. The lowest BCUT2D eigenvalue weighted by atomic mass is 10.1. The van der Waals surface area contributed by atoms with Crippen molar-refractivity contribution in [3.05, 3.63) is 53.6 Å². The van der Waals surface area contributed by atoms with Crippen LogP contribution in [-0.2, 0) is 6.54 Å². The third kappa shape index (κ3) is 2.26. The second kappa shape index (κ2) is 5.27. The highest BCUT2D eigenvalue weighted by molar-refractivity contribution is 5.27. The predicted octanol–water partition coefficient (Wildman–Crippen LogP) is 2.49. The molecule has 5 heteroatoms. The van der Waals surface area contributed by atoms with Crippen LogP contribution in [0.25, 0.3) is 0 Å². The minimum Gasteiger partial charge on any atom is -0.334 e. The molecule has 0 aliphatic heterocycles. The van der Waals surface area contributed by atoms with Crippen LogP contribution in [0.1, 0.15) is 24.4 Å². The number of nitrogens with one attached hydrogen (secondary N) is 1. The molecular formula is C13H15F2N3. The van der Waals surface area contributed by atoms with E-state index >= 15 is 0 Å². The molecule has 1 aromatic heterocycles. The van der Waals surface area contributed by atoms with Crippen molar-refractivity contribution >= 4 is 0 Å². The summed E-state index contributed by atoms with van der Waals surface area (Å²) in [7, 11) is 1.72. The number of rotatable bonds is 4. The first-order valence-electron chi connectivity index (χ1n) is 5.80. The molecule has 18 heavy (non-hydrogen) atoms. The van der Waals surface area contributed by atoms with Gasteiger partial charge in [-0.25, -0.2) is 13.8 Å². The molecule has 1 atom stereocenters. The number of aryl methyl sites for hydroxylation is 1. The number of halogens is 2. The van der Waals surface area contributed by atoms with Crippen LogP contribution in [0.15, 0.2) is 30.6 Å². The highest BCUT2D eigenvalue weighted by Gasteiger charge is 2.20. The Kier molecular flexibility index (Phi) is 3.72. The molecule has 1 aromatic carbocycles. The van der Waals surface area contributed by atoms with E-state index in [1.54, 1.807) is 13.2 Å². The minimum absolute atomic E-state index is 0.388. The molecule has 96 valence electrons. The second-order valence-corrected chi connectivity index (χ2v) is 3.96. The topological polar surface area (TPSA) is 29.9 Å². The van der Waals surface area contributed by atoms with Gasteiger partial charge in [0.15, 0.2) is 0 Å². The summed E-state index contributed by atoms with van der Waals surface area (Å²) in [5.41, 5.74) is 0.389. The monoisotopic (exact) mass is 251 g/mol. The van der Waals surface area contributed by atoms with E-state index < -0.39 is 11.6 Å². The molecule has 0 bridgehead atoms. The zero-order chi connectivity index (χ0) is 13.1. The highest BCUT2D eigenvalue weighted by atomic mass is 19.1. The number of hydrogen-bond acceptors (Lipinski definition) is 2. The third-order valence-electron chi connectivity index (χ3n) is 2.91. The van der Waals surface area contributed by atoms with E-state index in [4.69, 9.17) is 0 Å². The van der Waals surface area contributed by atoms with E-state index in [1.165, 1.54) is 12.1 Å². The molecule has 0 radical (unpaired) electrons. The maximum atomic E-state index is 13.8. The standard InChI is InChI=1S/C13H15F2N3/c1-3-18-7-6-17-13(18)12(16-2)10-5-4-9(14)8-11(10)15/h4-8,12,16H,3H2,1-2H3. The van der Waals surface area contributed by atoms with E-state index in [0.29, 0.717) is 11.4 Å². The summed E-state index contributed by atoms with van der Waals surface area (Å²) in [6, 6.07) is 3.20. The molecule has 0 amide bonds. The highest BCUT2D eigenvalue weighted by Crippen LogP contribution is 2.23. The lowest BCUT2D eigenvalue weighted by Gasteiger charge is -2.18. The van der Waals surface area contributed by atoms with Gasteiger partial charge in [-0.1, -0.05) is 6.07 Å². The van der Waals surface area contributed by atoms with Crippen LogP contribution in [0.5, 0.6) is 0 Å². The summed E-state index contributed by atoms with van der Waals surface area (Å²) in [4.78, 5) is 4.24. The lowest BCUT2D eigenvalue weighted by molar-refractivity contribution is 0.530. The van der Waals surface area contributed by atoms with Crippen molar-refractivity contribution in [2.45, 2.75) is 19.5 Å². The van der Waals surface area contributed by atoms with Crippen molar-refractivity contribution in [3.8, 4) is 0 Å². The average molecular weight is 251 g/mol. The molecule has 0 aliphatic rings. The molecular weight excluding hydrogens is 236 g/mol. The molecule has 3 nitrogen and oxygen atoms in total. The Hall–Kier alpha value is -1.75. The van der Waals surface area contributed by atoms with Crippen molar-refractivity contribution in [3.63, 3.8) is 0 Å². The quantitative estimate of drug-likeness (QED) is 0.904. The van der Waals surface area contributed by atoms with Gasteiger partial charge in [-0.2, -0.15) is 0 Å². The lowest BCUT2D eigenvalue weighted by Crippen LogP contribution is -2.23. The molecule has 0 saturated heterocycles. The van der Waals surface area contributed by atoms with Gasteiger partial charge in [0.2, 0.25) is 0 Å². The third-order valence-corrected chi connectivity index (χ3v) is 2.91. The maximum absolute atomic E-state index is 13.8. The van der Waals surface area contributed by atoms with Crippen LogP contribution in [-0.4, -0.2) is 16.6 Å². The fraction of sp³-hybridized carbons (Fsp3) is 0.308. The van der Waals surface area contributed by atoms with Gasteiger partial charge < -0.3 is 9.88 Å². The first-order chi connectivity index (χ1) is 8.67. The summed E-state index contributed by atoms with van der Waals surface area (Å²) < 4.78 is 28.6. The molecule has 0 fully saturated rings. The van der Waals surface area contributed by atoms with Crippen LogP contribution in [0.3, 0.4) is 0 Å². The van der Waals surface area contributed by atoms with Crippen LogP contribution < -0.4 is 5.32 Å². The summed E-state index contributed by atoms with van der Waals surface area (Å²) in [6.45, 7) is 2.73. The van der Waals surface area contributed by atoms with Crippen LogP contribution >= 0.6 is 0 Å². The van der Waals surface area contributed by atoms with Crippen molar-refractivity contribution in [1.29, 1.82) is 0 Å². The smallest absolute Gasteiger partial charge is 0.131 e. The normalized spacial score (nSPS) is 12.7. The Morgan fingerprint density at radius 1 is 1.39 bits per heavy atom. The molecule has 0 saturated carbocycles. The largest absolute Gasteiger partial charge is 0.334 e. The SMILES string of the molecule is CCn1ccnc1C(NC)c1ccc(F)cc1F. The molecule has 1 N–H and O–H groups in total. The number of nitrogens with zero attached hydrogens (tertiary/aromatic N) is 2. The number of hydrogen-bond donors (Lipinski definition) is 1. The molecule has 0 aliphatic carbocycles. The Balaban J connectivity index is 2.45. The summed E-state index contributed by atoms with van der Waals surface area (Å²) in [5.74, 6) is -0.435. The number of imidazole rings is 1. The molecule has 2 rings (SSSR count). The molecule has 2 aromatic rings. The van der Waals surface area contributed by atoms with E-state index in [-0.39, 0.29) is 6.04 Å². The van der Waals surface area contributed by atoms with Crippen LogP contribution in [0, 0.1) is 11.6 Å². The van der Waals surface area contributed by atoms with E-state index in [2.05, 4.69) is 10.3 Å². The summed E-state index contributed by atoms with van der Waals surface area (Å²) in [5, 5.41) is 3.01. The van der Waals surface area contributed by atoms with Gasteiger partial charge in [-0.15, -0.1) is 0 Å².